The van der Waals surface area contributed by atoms with Crippen LogP contribution in [0, 0.1) is 16.3 Å². The monoisotopic (exact) mass is 359 g/mol. The number of hydrogen-bond acceptors (Lipinski definition) is 3. The fraction of sp³-hybridized carbons (Fsp3) is 0.167. The summed E-state index contributed by atoms with van der Waals surface area (Å²) in [7, 11) is 0. The first-order valence-corrected chi connectivity index (χ1v) is 6.33. The number of halogens is 2. The van der Waals surface area contributed by atoms with Crippen molar-refractivity contribution in [2.24, 2.45) is 0 Å². The molecule has 0 saturated carbocycles. The van der Waals surface area contributed by atoms with E-state index >= 15 is 0 Å². The molecule has 2 rings (SSSR count). The summed E-state index contributed by atoms with van der Waals surface area (Å²) in [6.07, 6.45) is 1.42. The summed E-state index contributed by atoms with van der Waals surface area (Å²) in [4.78, 5) is 16.0. The maximum absolute atomic E-state index is 13.7. The highest BCUT2D eigenvalue weighted by atomic mass is 127. The van der Waals surface area contributed by atoms with Gasteiger partial charge in [-0.25, -0.2) is 9.37 Å². The Kier molecular flexibility index (Phi) is 3.65. The number of nitrogens with two attached hydrogens (primary N) is 1. The number of nitrogens with zero attached hydrogens (tertiary/aromatic N) is 2. The van der Waals surface area contributed by atoms with Crippen molar-refractivity contribution in [1.82, 2.24) is 9.55 Å². The Morgan fingerprint density at radius 1 is 1.50 bits per heavy atom. The predicted molar refractivity (Wildman–Crippen MR) is 75.9 cm³/mol. The molecule has 18 heavy (non-hydrogen) atoms. The Bertz CT molecular complexity index is 654. The van der Waals surface area contributed by atoms with Crippen molar-refractivity contribution in [1.29, 1.82) is 0 Å². The SMILES string of the molecule is Cc1ncn(Cc2cccc(N)c2F)c(=O)c1I. The predicted octanol–water partition coefficient (Wildman–Crippen LogP) is 1.93. The highest BCUT2D eigenvalue weighted by Gasteiger charge is 2.09. The van der Waals surface area contributed by atoms with Crippen LogP contribution in [0.1, 0.15) is 11.3 Å². The fourth-order valence-corrected chi connectivity index (χ4v) is 2.01. The van der Waals surface area contributed by atoms with Crippen molar-refractivity contribution >= 4 is 28.3 Å². The van der Waals surface area contributed by atoms with E-state index in [2.05, 4.69) is 4.98 Å². The average molecular weight is 359 g/mol. The zero-order valence-corrected chi connectivity index (χ0v) is 11.8. The minimum absolute atomic E-state index is 0.0790. The third-order valence-electron chi connectivity index (χ3n) is 2.61. The maximum atomic E-state index is 13.7. The summed E-state index contributed by atoms with van der Waals surface area (Å²) >= 11 is 1.94. The van der Waals surface area contributed by atoms with Crippen molar-refractivity contribution in [3.05, 3.63) is 55.5 Å². The number of aryl methyl sites for hydroxylation is 1. The van der Waals surface area contributed by atoms with E-state index in [-0.39, 0.29) is 17.8 Å². The maximum Gasteiger partial charge on any atom is 0.267 e. The van der Waals surface area contributed by atoms with Crippen LogP contribution in [0.15, 0.2) is 29.3 Å². The highest BCUT2D eigenvalue weighted by Crippen LogP contribution is 2.15. The Hall–Kier alpha value is -1.44. The van der Waals surface area contributed by atoms with E-state index in [0.717, 1.165) is 0 Å². The molecule has 1 aromatic heterocycles. The Labute approximate surface area is 117 Å². The molecule has 0 amide bonds. The van der Waals surface area contributed by atoms with Crippen LogP contribution in [0.25, 0.3) is 0 Å². The Morgan fingerprint density at radius 2 is 2.22 bits per heavy atom. The number of anilines is 1. The minimum atomic E-state index is -0.486. The second-order valence-electron chi connectivity index (χ2n) is 3.90. The molecule has 0 aliphatic rings. The molecule has 0 spiro atoms. The third-order valence-corrected chi connectivity index (χ3v) is 3.85. The molecular weight excluding hydrogens is 348 g/mol. The third kappa shape index (κ3) is 2.38. The molecule has 4 nitrogen and oxygen atoms in total. The largest absolute Gasteiger partial charge is 0.396 e. The summed E-state index contributed by atoms with van der Waals surface area (Å²) in [5.41, 5.74) is 6.43. The van der Waals surface area contributed by atoms with Crippen molar-refractivity contribution < 1.29 is 4.39 Å². The van der Waals surface area contributed by atoms with Gasteiger partial charge in [0.1, 0.15) is 0 Å². The number of hydrogen-bond donors (Lipinski definition) is 1. The number of benzene rings is 1. The topological polar surface area (TPSA) is 60.9 Å². The quantitative estimate of drug-likeness (QED) is 0.659. The minimum Gasteiger partial charge on any atom is -0.396 e. The van der Waals surface area contributed by atoms with Crippen LogP contribution in [0.3, 0.4) is 0 Å². The molecular formula is C12H11FIN3O. The van der Waals surface area contributed by atoms with Crippen LogP contribution in [-0.2, 0) is 6.54 Å². The molecule has 0 unspecified atom stereocenters. The smallest absolute Gasteiger partial charge is 0.267 e. The van der Waals surface area contributed by atoms with Gasteiger partial charge in [-0.2, -0.15) is 0 Å². The highest BCUT2D eigenvalue weighted by molar-refractivity contribution is 14.1. The lowest BCUT2D eigenvalue weighted by Gasteiger charge is -2.09. The van der Waals surface area contributed by atoms with Gasteiger partial charge in [-0.3, -0.25) is 9.36 Å². The molecule has 2 aromatic rings. The summed E-state index contributed by atoms with van der Waals surface area (Å²) in [5, 5.41) is 0. The number of rotatable bonds is 2. The summed E-state index contributed by atoms with van der Waals surface area (Å²) < 4.78 is 15.6. The molecule has 0 aliphatic carbocycles. The summed E-state index contributed by atoms with van der Waals surface area (Å²) in [5.74, 6) is -0.486. The van der Waals surface area contributed by atoms with Gasteiger partial charge in [-0.05, 0) is 35.6 Å². The fourth-order valence-electron chi connectivity index (χ4n) is 1.56. The molecule has 0 aliphatic heterocycles. The van der Waals surface area contributed by atoms with Crippen LogP contribution in [0.5, 0.6) is 0 Å². The molecule has 6 heteroatoms. The van der Waals surface area contributed by atoms with E-state index < -0.39 is 5.82 Å². The Morgan fingerprint density at radius 3 is 2.94 bits per heavy atom. The molecule has 0 saturated heterocycles. The summed E-state index contributed by atoms with van der Waals surface area (Å²) in [6.45, 7) is 1.88. The normalized spacial score (nSPS) is 10.6. The van der Waals surface area contributed by atoms with E-state index in [1.54, 1.807) is 19.1 Å². The van der Waals surface area contributed by atoms with Gasteiger partial charge < -0.3 is 5.73 Å². The average Bonchev–Trinajstić information content (AvgIpc) is 2.35. The standard InChI is InChI=1S/C12H11FIN3O/c1-7-11(14)12(18)17(6-16-7)5-8-3-2-4-9(15)10(8)13/h2-4,6H,5,15H2,1H3. The first kappa shape index (κ1) is 13.0. The van der Waals surface area contributed by atoms with Gasteiger partial charge in [0.25, 0.3) is 5.56 Å². The van der Waals surface area contributed by atoms with Crippen LogP contribution < -0.4 is 11.3 Å². The molecule has 1 heterocycles. The van der Waals surface area contributed by atoms with Crippen LogP contribution >= 0.6 is 22.6 Å². The number of nitrogen functional groups attached to an aromatic ring is 1. The second-order valence-corrected chi connectivity index (χ2v) is 4.98. The lowest BCUT2D eigenvalue weighted by Crippen LogP contribution is -2.25. The van der Waals surface area contributed by atoms with Gasteiger partial charge >= 0.3 is 0 Å². The van der Waals surface area contributed by atoms with E-state index in [9.17, 15) is 9.18 Å². The van der Waals surface area contributed by atoms with Crippen LogP contribution in [-0.4, -0.2) is 9.55 Å². The van der Waals surface area contributed by atoms with E-state index in [1.165, 1.54) is 17.0 Å². The van der Waals surface area contributed by atoms with Gasteiger partial charge in [0.2, 0.25) is 0 Å². The van der Waals surface area contributed by atoms with Crippen molar-refractivity contribution in [2.75, 3.05) is 5.73 Å². The first-order chi connectivity index (χ1) is 8.50. The molecule has 94 valence electrons. The van der Waals surface area contributed by atoms with Crippen molar-refractivity contribution in [2.45, 2.75) is 13.5 Å². The lowest BCUT2D eigenvalue weighted by molar-refractivity contribution is 0.597. The van der Waals surface area contributed by atoms with Gasteiger partial charge in [-0.1, -0.05) is 12.1 Å². The van der Waals surface area contributed by atoms with Crippen molar-refractivity contribution in [3.63, 3.8) is 0 Å². The second kappa shape index (κ2) is 5.05. The van der Waals surface area contributed by atoms with Gasteiger partial charge in [0.15, 0.2) is 5.82 Å². The van der Waals surface area contributed by atoms with Crippen molar-refractivity contribution in [3.8, 4) is 0 Å². The van der Waals surface area contributed by atoms with E-state index in [1.807, 2.05) is 22.6 Å². The van der Waals surface area contributed by atoms with Crippen LogP contribution in [0.4, 0.5) is 10.1 Å². The molecule has 2 N–H and O–H groups in total. The number of aromatic nitrogens is 2. The summed E-state index contributed by atoms with van der Waals surface area (Å²) in [6, 6.07) is 4.75. The van der Waals surface area contributed by atoms with Gasteiger partial charge in [-0.15, -0.1) is 0 Å². The van der Waals surface area contributed by atoms with Gasteiger partial charge in [0.05, 0.1) is 27.8 Å². The molecule has 0 atom stereocenters. The molecule has 0 radical (unpaired) electrons. The molecule has 1 aromatic carbocycles. The first-order valence-electron chi connectivity index (χ1n) is 5.25. The van der Waals surface area contributed by atoms with E-state index in [4.69, 9.17) is 5.73 Å². The zero-order valence-electron chi connectivity index (χ0n) is 9.65. The van der Waals surface area contributed by atoms with Crippen LogP contribution in [0.2, 0.25) is 0 Å². The van der Waals surface area contributed by atoms with Gasteiger partial charge in [0, 0.05) is 5.56 Å². The lowest BCUT2D eigenvalue weighted by atomic mass is 10.2. The van der Waals surface area contributed by atoms with E-state index in [0.29, 0.717) is 14.8 Å². The zero-order chi connectivity index (χ0) is 13.3. The molecule has 0 fully saturated rings. The molecule has 0 bridgehead atoms. The Balaban J connectivity index is 2.44.